The molecule has 6 heteroatoms. The second-order valence-corrected chi connectivity index (χ2v) is 3.56. The first-order valence-corrected chi connectivity index (χ1v) is 5.04. The van der Waals surface area contributed by atoms with Crippen LogP contribution in [0.4, 0.5) is 4.39 Å². The first-order valence-electron chi connectivity index (χ1n) is 4.13. The van der Waals surface area contributed by atoms with E-state index in [1.165, 1.54) is 22.9 Å². The van der Waals surface area contributed by atoms with E-state index in [2.05, 4.69) is 10.3 Å². The Bertz CT molecular complexity index is 484. The number of halogens is 3. The molecule has 0 radical (unpaired) electrons. The van der Waals surface area contributed by atoms with Gasteiger partial charge in [0.25, 0.3) is 0 Å². The summed E-state index contributed by atoms with van der Waals surface area (Å²) >= 11 is 11.4. The topological polar surface area (TPSA) is 30.7 Å². The van der Waals surface area contributed by atoms with Gasteiger partial charge in [0.05, 0.1) is 28.5 Å². The summed E-state index contributed by atoms with van der Waals surface area (Å²) in [6.07, 6.45) is 1.64. The molecule has 0 amide bonds. The monoisotopic (exact) mass is 245 g/mol. The van der Waals surface area contributed by atoms with E-state index in [1.54, 1.807) is 6.20 Å². The zero-order valence-electron chi connectivity index (χ0n) is 7.49. The highest BCUT2D eigenvalue weighted by Gasteiger charge is 2.06. The summed E-state index contributed by atoms with van der Waals surface area (Å²) in [6.45, 7) is 0. The maximum Gasteiger partial charge on any atom is 0.124 e. The number of rotatable bonds is 2. The molecule has 0 aliphatic carbocycles. The van der Waals surface area contributed by atoms with Crippen LogP contribution < -0.4 is 0 Å². The Kier molecular flexibility index (Phi) is 2.88. The summed E-state index contributed by atoms with van der Waals surface area (Å²) in [7, 11) is 0. The van der Waals surface area contributed by atoms with Crippen LogP contribution in [0.15, 0.2) is 24.4 Å². The number of hydrogen-bond acceptors (Lipinski definition) is 2. The Morgan fingerprint density at radius 2 is 2.20 bits per heavy atom. The van der Waals surface area contributed by atoms with Crippen molar-refractivity contribution >= 4 is 23.2 Å². The van der Waals surface area contributed by atoms with Crippen LogP contribution in [0.1, 0.15) is 5.69 Å². The van der Waals surface area contributed by atoms with Gasteiger partial charge in [0.2, 0.25) is 0 Å². The Morgan fingerprint density at radius 3 is 2.80 bits per heavy atom. The molecular formula is C9H6Cl2FN3. The lowest BCUT2D eigenvalue weighted by molar-refractivity contribution is 0.627. The first kappa shape index (κ1) is 10.4. The lowest BCUT2D eigenvalue weighted by Crippen LogP contribution is -1.96. The van der Waals surface area contributed by atoms with Crippen molar-refractivity contribution in [3.63, 3.8) is 0 Å². The third-order valence-electron chi connectivity index (χ3n) is 1.83. The number of alkyl halides is 1. The SMILES string of the molecule is Fc1ccc(-n2cc(CCl)nn2)c(Cl)c1. The minimum Gasteiger partial charge on any atom is -0.219 e. The van der Waals surface area contributed by atoms with Crippen molar-refractivity contribution in [3.05, 3.63) is 40.9 Å². The maximum absolute atomic E-state index is 12.8. The largest absolute Gasteiger partial charge is 0.219 e. The highest BCUT2D eigenvalue weighted by atomic mass is 35.5. The zero-order valence-corrected chi connectivity index (χ0v) is 9.00. The van der Waals surface area contributed by atoms with Gasteiger partial charge in [-0.05, 0) is 18.2 Å². The molecular weight excluding hydrogens is 240 g/mol. The van der Waals surface area contributed by atoms with Gasteiger partial charge >= 0.3 is 0 Å². The Labute approximate surface area is 95.4 Å². The van der Waals surface area contributed by atoms with Gasteiger partial charge in [0, 0.05) is 0 Å². The molecule has 1 heterocycles. The minimum atomic E-state index is -0.388. The normalized spacial score (nSPS) is 10.6. The predicted molar refractivity (Wildman–Crippen MR) is 55.9 cm³/mol. The van der Waals surface area contributed by atoms with E-state index in [0.717, 1.165) is 0 Å². The fourth-order valence-electron chi connectivity index (χ4n) is 1.14. The number of nitrogens with zero attached hydrogens (tertiary/aromatic N) is 3. The molecule has 0 aliphatic heterocycles. The van der Waals surface area contributed by atoms with E-state index in [9.17, 15) is 4.39 Å². The standard InChI is InChI=1S/C9H6Cl2FN3/c10-4-7-5-15(14-13-7)9-2-1-6(12)3-8(9)11/h1-3,5H,4H2. The quantitative estimate of drug-likeness (QED) is 0.763. The van der Waals surface area contributed by atoms with E-state index in [-0.39, 0.29) is 16.7 Å². The summed E-state index contributed by atoms with van der Waals surface area (Å²) in [5.74, 6) is -0.111. The summed E-state index contributed by atoms with van der Waals surface area (Å²) in [5.41, 5.74) is 1.21. The van der Waals surface area contributed by atoms with Crippen molar-refractivity contribution in [2.45, 2.75) is 5.88 Å². The van der Waals surface area contributed by atoms with Gasteiger partial charge < -0.3 is 0 Å². The first-order chi connectivity index (χ1) is 7.20. The molecule has 3 nitrogen and oxygen atoms in total. The molecule has 0 aliphatic rings. The fraction of sp³-hybridized carbons (Fsp3) is 0.111. The molecule has 0 atom stereocenters. The van der Waals surface area contributed by atoms with Crippen molar-refractivity contribution < 1.29 is 4.39 Å². The van der Waals surface area contributed by atoms with Crippen molar-refractivity contribution in [3.8, 4) is 5.69 Å². The molecule has 78 valence electrons. The molecule has 0 N–H and O–H groups in total. The molecule has 0 unspecified atom stereocenters. The molecule has 2 aromatic rings. The summed E-state index contributed by atoms with van der Waals surface area (Å²) < 4.78 is 14.2. The molecule has 1 aromatic heterocycles. The van der Waals surface area contributed by atoms with E-state index in [1.807, 2.05) is 0 Å². The highest BCUT2D eigenvalue weighted by Crippen LogP contribution is 2.20. The lowest BCUT2D eigenvalue weighted by atomic mass is 10.3. The molecule has 0 fully saturated rings. The molecule has 1 aromatic carbocycles. The third-order valence-corrected chi connectivity index (χ3v) is 2.41. The lowest BCUT2D eigenvalue weighted by Gasteiger charge is -2.02. The van der Waals surface area contributed by atoms with Crippen LogP contribution >= 0.6 is 23.2 Å². The molecule has 0 saturated carbocycles. The van der Waals surface area contributed by atoms with E-state index >= 15 is 0 Å². The van der Waals surface area contributed by atoms with Crippen molar-refractivity contribution in [1.29, 1.82) is 0 Å². The smallest absolute Gasteiger partial charge is 0.124 e. The maximum atomic E-state index is 12.8. The van der Waals surface area contributed by atoms with Gasteiger partial charge in [-0.2, -0.15) is 0 Å². The van der Waals surface area contributed by atoms with Gasteiger partial charge in [-0.25, -0.2) is 9.07 Å². The summed E-state index contributed by atoms with van der Waals surface area (Å²) in [6, 6.07) is 4.06. The minimum absolute atomic E-state index is 0.277. The van der Waals surface area contributed by atoms with Gasteiger partial charge in [-0.15, -0.1) is 16.7 Å². The Morgan fingerprint density at radius 1 is 1.40 bits per heavy atom. The van der Waals surface area contributed by atoms with Crippen LogP contribution in [-0.4, -0.2) is 15.0 Å². The van der Waals surface area contributed by atoms with E-state index < -0.39 is 0 Å². The third kappa shape index (κ3) is 2.11. The van der Waals surface area contributed by atoms with Crippen LogP contribution in [0.5, 0.6) is 0 Å². The van der Waals surface area contributed by atoms with Crippen LogP contribution in [0, 0.1) is 5.82 Å². The molecule has 0 spiro atoms. The van der Waals surface area contributed by atoms with Gasteiger partial charge in [-0.1, -0.05) is 16.8 Å². The summed E-state index contributed by atoms with van der Waals surface area (Å²) in [5, 5.41) is 7.91. The van der Waals surface area contributed by atoms with Crippen LogP contribution in [0.25, 0.3) is 5.69 Å². The highest BCUT2D eigenvalue weighted by molar-refractivity contribution is 6.32. The van der Waals surface area contributed by atoms with E-state index in [0.29, 0.717) is 11.4 Å². The Hall–Kier alpha value is -1.13. The second-order valence-electron chi connectivity index (χ2n) is 2.88. The van der Waals surface area contributed by atoms with Crippen molar-refractivity contribution in [1.82, 2.24) is 15.0 Å². The molecule has 0 bridgehead atoms. The van der Waals surface area contributed by atoms with Gasteiger partial charge in [0.15, 0.2) is 0 Å². The predicted octanol–water partition coefficient (Wildman–Crippen LogP) is 2.80. The number of hydrogen-bond donors (Lipinski definition) is 0. The molecule has 15 heavy (non-hydrogen) atoms. The van der Waals surface area contributed by atoms with Crippen molar-refractivity contribution in [2.75, 3.05) is 0 Å². The zero-order chi connectivity index (χ0) is 10.8. The Balaban J connectivity index is 2.44. The van der Waals surface area contributed by atoms with Crippen molar-refractivity contribution in [2.24, 2.45) is 0 Å². The molecule has 2 rings (SSSR count). The van der Waals surface area contributed by atoms with Crippen LogP contribution in [-0.2, 0) is 5.88 Å². The number of benzene rings is 1. The van der Waals surface area contributed by atoms with E-state index in [4.69, 9.17) is 23.2 Å². The van der Waals surface area contributed by atoms with Crippen LogP contribution in [0.2, 0.25) is 5.02 Å². The van der Waals surface area contributed by atoms with Gasteiger partial charge in [0.1, 0.15) is 5.82 Å². The average Bonchev–Trinajstić information content (AvgIpc) is 2.66. The van der Waals surface area contributed by atoms with Gasteiger partial charge in [-0.3, -0.25) is 0 Å². The summed E-state index contributed by atoms with van der Waals surface area (Å²) in [4.78, 5) is 0. The average molecular weight is 246 g/mol. The van der Waals surface area contributed by atoms with Crippen LogP contribution in [0.3, 0.4) is 0 Å². The molecule has 0 saturated heterocycles. The fourth-order valence-corrected chi connectivity index (χ4v) is 1.52. The number of aromatic nitrogens is 3. The second kappa shape index (κ2) is 4.16.